The second-order valence-electron chi connectivity index (χ2n) is 5.59. The van der Waals surface area contributed by atoms with Crippen LogP contribution in [-0.2, 0) is 16.1 Å². The Kier molecular flexibility index (Phi) is 5.07. The summed E-state index contributed by atoms with van der Waals surface area (Å²) in [5, 5.41) is 2.19. The molecule has 1 heterocycles. The van der Waals surface area contributed by atoms with Gasteiger partial charge in [-0.1, -0.05) is 42.5 Å². The lowest BCUT2D eigenvalue weighted by atomic mass is 10.1. The molecule has 2 aromatic carbocycles. The Balaban J connectivity index is 1.84. The average molecular weight is 351 g/mol. The number of urea groups is 1. The van der Waals surface area contributed by atoms with Crippen LogP contribution in [0.5, 0.6) is 5.75 Å². The zero-order chi connectivity index (χ0) is 18.5. The van der Waals surface area contributed by atoms with Gasteiger partial charge in [-0.2, -0.15) is 0 Å². The number of hydrogen-bond acceptors (Lipinski definition) is 5. The predicted molar refractivity (Wildman–Crippen MR) is 96.1 cm³/mol. The zero-order valence-corrected chi connectivity index (χ0v) is 14.1. The second kappa shape index (κ2) is 7.60. The first kappa shape index (κ1) is 17.3. The van der Waals surface area contributed by atoms with Crippen molar-refractivity contribution >= 4 is 29.7 Å². The second-order valence-corrected chi connectivity index (χ2v) is 5.59. The number of ether oxygens (including phenoxy) is 1. The zero-order valence-electron chi connectivity index (χ0n) is 14.1. The minimum absolute atomic E-state index is 0.270. The number of methoxy groups -OCH3 is 1. The summed E-state index contributed by atoms with van der Waals surface area (Å²) < 4.78 is 5.20. The molecule has 1 aliphatic rings. The molecule has 1 saturated heterocycles. The Morgan fingerprint density at radius 2 is 1.77 bits per heavy atom. The molecule has 132 valence electrons. The number of aliphatic imine (C=N–C) groups is 1. The third-order valence-electron chi connectivity index (χ3n) is 3.90. The van der Waals surface area contributed by atoms with Crippen molar-refractivity contribution in [2.75, 3.05) is 12.0 Å². The van der Waals surface area contributed by atoms with Crippen LogP contribution >= 0.6 is 0 Å². The van der Waals surface area contributed by atoms with Gasteiger partial charge in [-0.15, -0.1) is 0 Å². The van der Waals surface area contributed by atoms with Gasteiger partial charge in [-0.3, -0.25) is 19.9 Å². The minimum atomic E-state index is -1.18. The van der Waals surface area contributed by atoms with Crippen LogP contribution in [0, 0.1) is 5.92 Å². The summed E-state index contributed by atoms with van der Waals surface area (Å²) in [6.45, 7) is 0.334. The highest BCUT2D eigenvalue weighted by Crippen LogP contribution is 2.30. The maximum Gasteiger partial charge on any atom is 0.335 e. The van der Waals surface area contributed by atoms with Crippen molar-refractivity contribution in [1.82, 2.24) is 5.32 Å². The van der Waals surface area contributed by atoms with Crippen molar-refractivity contribution in [3.05, 3.63) is 60.2 Å². The van der Waals surface area contributed by atoms with E-state index < -0.39 is 23.8 Å². The molecule has 0 unspecified atom stereocenters. The van der Waals surface area contributed by atoms with E-state index in [9.17, 15) is 14.4 Å². The average Bonchev–Trinajstić information content (AvgIpc) is 2.65. The Morgan fingerprint density at radius 1 is 1.08 bits per heavy atom. The van der Waals surface area contributed by atoms with Gasteiger partial charge in [0.1, 0.15) is 5.75 Å². The molecule has 0 spiro atoms. The molecular formula is C19H17N3O4. The van der Waals surface area contributed by atoms with Crippen molar-refractivity contribution < 1.29 is 19.1 Å². The number of benzene rings is 2. The Hall–Kier alpha value is -3.48. The summed E-state index contributed by atoms with van der Waals surface area (Å²) in [5.41, 5.74) is 1.22. The Labute approximate surface area is 150 Å². The summed E-state index contributed by atoms with van der Waals surface area (Å²) in [7, 11) is 1.44. The Bertz CT molecular complexity index is 864. The normalized spacial score (nSPS) is 17.5. The topological polar surface area (TPSA) is 88.1 Å². The molecule has 0 aromatic heterocycles. The van der Waals surface area contributed by atoms with Gasteiger partial charge in [0.15, 0.2) is 5.92 Å². The number of nitrogens with zero attached hydrogens (tertiary/aromatic N) is 2. The number of anilines is 1. The van der Waals surface area contributed by atoms with Crippen molar-refractivity contribution in [2.45, 2.75) is 6.54 Å². The van der Waals surface area contributed by atoms with Crippen molar-refractivity contribution in [3.63, 3.8) is 0 Å². The van der Waals surface area contributed by atoms with Gasteiger partial charge >= 0.3 is 6.03 Å². The first-order valence-corrected chi connectivity index (χ1v) is 7.97. The van der Waals surface area contributed by atoms with E-state index in [1.807, 2.05) is 30.3 Å². The Morgan fingerprint density at radius 3 is 2.50 bits per heavy atom. The van der Waals surface area contributed by atoms with Crippen LogP contribution in [0.4, 0.5) is 10.5 Å². The summed E-state index contributed by atoms with van der Waals surface area (Å²) in [6.07, 6.45) is 1.28. The molecular weight excluding hydrogens is 334 g/mol. The lowest BCUT2D eigenvalue weighted by molar-refractivity contribution is -0.131. The van der Waals surface area contributed by atoms with E-state index in [1.54, 1.807) is 24.3 Å². The first-order chi connectivity index (χ1) is 12.6. The molecule has 7 nitrogen and oxygen atoms in total. The molecule has 0 saturated carbocycles. The van der Waals surface area contributed by atoms with Crippen LogP contribution in [-0.4, -0.2) is 31.2 Å². The van der Waals surface area contributed by atoms with E-state index in [1.165, 1.54) is 13.3 Å². The lowest BCUT2D eigenvalue weighted by Crippen LogP contribution is -2.58. The molecule has 26 heavy (non-hydrogen) atoms. The van der Waals surface area contributed by atoms with Crippen molar-refractivity contribution in [2.24, 2.45) is 10.9 Å². The van der Waals surface area contributed by atoms with Crippen LogP contribution in [0.1, 0.15) is 5.56 Å². The van der Waals surface area contributed by atoms with E-state index in [2.05, 4.69) is 10.3 Å². The summed E-state index contributed by atoms with van der Waals surface area (Å²) in [5.74, 6) is -2.19. The van der Waals surface area contributed by atoms with E-state index in [4.69, 9.17) is 4.74 Å². The van der Waals surface area contributed by atoms with E-state index >= 15 is 0 Å². The molecule has 1 N–H and O–H groups in total. The highest BCUT2D eigenvalue weighted by molar-refractivity contribution is 6.32. The minimum Gasteiger partial charge on any atom is -0.495 e. The summed E-state index contributed by atoms with van der Waals surface area (Å²) >= 11 is 0. The quantitative estimate of drug-likeness (QED) is 0.660. The fourth-order valence-corrected chi connectivity index (χ4v) is 2.61. The fourth-order valence-electron chi connectivity index (χ4n) is 2.61. The largest absolute Gasteiger partial charge is 0.495 e. The number of para-hydroxylation sites is 2. The monoisotopic (exact) mass is 351 g/mol. The van der Waals surface area contributed by atoms with Crippen LogP contribution in [0.2, 0.25) is 0 Å². The molecule has 2 aromatic rings. The SMILES string of the molecule is COc1ccccc1N1C(=O)NC(=O)[C@H](C=NCc2ccccc2)C1=O. The van der Waals surface area contributed by atoms with Crippen LogP contribution < -0.4 is 15.0 Å². The maximum absolute atomic E-state index is 12.8. The van der Waals surface area contributed by atoms with Gasteiger partial charge in [-0.05, 0) is 17.7 Å². The number of amides is 4. The highest BCUT2D eigenvalue weighted by Gasteiger charge is 2.41. The first-order valence-electron chi connectivity index (χ1n) is 7.97. The third-order valence-corrected chi connectivity index (χ3v) is 3.90. The number of nitrogens with one attached hydrogen (secondary N) is 1. The predicted octanol–water partition coefficient (Wildman–Crippen LogP) is 2.17. The fraction of sp³-hybridized carbons (Fsp3) is 0.158. The molecule has 1 atom stereocenters. The molecule has 4 amide bonds. The molecule has 1 fully saturated rings. The molecule has 1 aliphatic heterocycles. The number of imide groups is 2. The van der Waals surface area contributed by atoms with E-state index in [0.717, 1.165) is 10.5 Å². The number of carbonyl (C=O) groups excluding carboxylic acids is 3. The number of rotatable bonds is 5. The lowest BCUT2D eigenvalue weighted by Gasteiger charge is -2.29. The number of barbiturate groups is 1. The van der Waals surface area contributed by atoms with Gasteiger partial charge in [0.05, 0.1) is 19.3 Å². The van der Waals surface area contributed by atoms with Gasteiger partial charge < -0.3 is 4.74 Å². The van der Waals surface area contributed by atoms with Crippen LogP contribution in [0.3, 0.4) is 0 Å². The summed E-state index contributed by atoms with van der Waals surface area (Å²) in [4.78, 5) is 42.1. The number of carbonyl (C=O) groups is 3. The van der Waals surface area contributed by atoms with Gasteiger partial charge in [-0.25, -0.2) is 9.69 Å². The van der Waals surface area contributed by atoms with Crippen LogP contribution in [0.25, 0.3) is 0 Å². The molecule has 3 rings (SSSR count). The van der Waals surface area contributed by atoms with Crippen molar-refractivity contribution in [3.8, 4) is 5.75 Å². The van der Waals surface area contributed by atoms with Crippen molar-refractivity contribution in [1.29, 1.82) is 0 Å². The molecule has 0 bridgehead atoms. The third kappa shape index (κ3) is 3.46. The molecule has 0 radical (unpaired) electrons. The van der Waals surface area contributed by atoms with Crippen LogP contribution in [0.15, 0.2) is 59.6 Å². The molecule has 7 heteroatoms. The smallest absolute Gasteiger partial charge is 0.335 e. The standard InChI is InChI=1S/C19H17N3O4/c1-26-16-10-6-5-9-15(16)22-18(24)14(17(23)21-19(22)25)12-20-11-13-7-3-2-4-8-13/h2-10,12,14H,11H2,1H3,(H,21,23,25)/t14-/m0/s1. The van der Waals surface area contributed by atoms with Gasteiger partial charge in [0, 0.05) is 6.21 Å². The summed E-state index contributed by atoms with van der Waals surface area (Å²) in [6, 6.07) is 15.2. The number of hydrogen-bond donors (Lipinski definition) is 1. The van der Waals surface area contributed by atoms with Gasteiger partial charge in [0.2, 0.25) is 5.91 Å². The van der Waals surface area contributed by atoms with Gasteiger partial charge in [0.25, 0.3) is 5.91 Å². The van der Waals surface area contributed by atoms with E-state index in [0.29, 0.717) is 12.3 Å². The molecule has 0 aliphatic carbocycles. The highest BCUT2D eigenvalue weighted by atomic mass is 16.5. The van der Waals surface area contributed by atoms with E-state index in [-0.39, 0.29) is 5.69 Å². The maximum atomic E-state index is 12.8.